The Hall–Kier alpha value is -1.79. The second-order valence-corrected chi connectivity index (χ2v) is 7.79. The number of benzene rings is 1. The number of rotatable bonds is 10. The van der Waals surface area contributed by atoms with Crippen LogP contribution in [0.2, 0.25) is 0 Å². The number of hydrogen-bond acceptors (Lipinski definition) is 3. The molecule has 7 heteroatoms. The van der Waals surface area contributed by atoms with Crippen LogP contribution in [0.1, 0.15) is 71.1 Å². The van der Waals surface area contributed by atoms with Crippen LogP contribution in [-0.2, 0) is 4.79 Å². The van der Waals surface area contributed by atoms with Gasteiger partial charge in [0.05, 0.1) is 5.92 Å². The van der Waals surface area contributed by atoms with Crippen molar-refractivity contribution in [2.24, 2.45) is 11.8 Å². The van der Waals surface area contributed by atoms with Gasteiger partial charge in [-0.25, -0.2) is 0 Å². The lowest BCUT2D eigenvalue weighted by molar-refractivity contribution is -0.236. The number of ether oxygens (including phenoxy) is 2. The zero-order chi connectivity index (χ0) is 21.3. The van der Waals surface area contributed by atoms with Crippen molar-refractivity contribution in [3.05, 3.63) is 24.3 Å². The summed E-state index contributed by atoms with van der Waals surface area (Å²) in [6.07, 6.45) is 2.76. The summed E-state index contributed by atoms with van der Waals surface area (Å²) in [5.74, 6) is 0.137. The van der Waals surface area contributed by atoms with Gasteiger partial charge < -0.3 is 9.47 Å². The molecule has 1 aromatic carbocycles. The fourth-order valence-electron chi connectivity index (χ4n) is 3.70. The van der Waals surface area contributed by atoms with E-state index >= 15 is 0 Å². The molecule has 1 fully saturated rings. The minimum atomic E-state index is -5.08. The van der Waals surface area contributed by atoms with E-state index in [1.807, 2.05) is 0 Å². The molecule has 0 saturated heterocycles. The van der Waals surface area contributed by atoms with Crippen molar-refractivity contribution in [3.63, 3.8) is 0 Å². The molecule has 0 aliphatic heterocycles. The third-order valence-corrected chi connectivity index (χ3v) is 5.44. The van der Waals surface area contributed by atoms with E-state index in [2.05, 4.69) is 11.7 Å². The van der Waals surface area contributed by atoms with Crippen molar-refractivity contribution in [1.82, 2.24) is 0 Å². The highest BCUT2D eigenvalue weighted by molar-refractivity contribution is 5.75. The number of hydrogen-bond donors (Lipinski definition) is 0. The zero-order valence-electron chi connectivity index (χ0n) is 16.8. The summed E-state index contributed by atoms with van der Waals surface area (Å²) < 4.78 is 58.9. The lowest BCUT2D eigenvalue weighted by Gasteiger charge is -2.27. The normalized spacial score (nSPS) is 20.9. The second-order valence-electron chi connectivity index (χ2n) is 7.79. The molecule has 1 aromatic rings. The van der Waals surface area contributed by atoms with Crippen LogP contribution in [-0.4, -0.2) is 18.5 Å². The molecule has 164 valence electrons. The average molecular weight is 418 g/mol. The van der Waals surface area contributed by atoms with Gasteiger partial charge in [0.25, 0.3) is 0 Å². The van der Waals surface area contributed by atoms with Crippen LogP contribution in [0, 0.1) is 11.8 Å². The fourth-order valence-corrected chi connectivity index (χ4v) is 3.70. The van der Waals surface area contributed by atoms with Crippen molar-refractivity contribution >= 4 is 5.97 Å². The van der Waals surface area contributed by atoms with Crippen LogP contribution in [0.25, 0.3) is 0 Å². The first kappa shape index (κ1) is 23.5. The molecule has 3 nitrogen and oxygen atoms in total. The first-order valence-electron chi connectivity index (χ1n) is 10.5. The van der Waals surface area contributed by atoms with E-state index in [9.17, 15) is 22.4 Å². The maximum absolute atomic E-state index is 12.9. The summed E-state index contributed by atoms with van der Waals surface area (Å²) in [6, 6.07) is 4.91. The fraction of sp³-hybridized carbons (Fsp3) is 0.682. The van der Waals surface area contributed by atoms with E-state index in [1.165, 1.54) is 50.7 Å². The minimum Gasteiger partial charge on any atom is -0.452 e. The van der Waals surface area contributed by atoms with E-state index in [-0.39, 0.29) is 23.4 Å². The van der Waals surface area contributed by atoms with E-state index in [4.69, 9.17) is 4.74 Å². The first-order chi connectivity index (χ1) is 13.8. The summed E-state index contributed by atoms with van der Waals surface area (Å²) in [7, 11) is 0. The maximum atomic E-state index is 12.9. The van der Waals surface area contributed by atoms with Crippen LogP contribution in [0.5, 0.6) is 11.5 Å². The van der Waals surface area contributed by atoms with Crippen LogP contribution >= 0.6 is 0 Å². The molecule has 1 aliphatic carbocycles. The third-order valence-electron chi connectivity index (χ3n) is 5.44. The van der Waals surface area contributed by atoms with Gasteiger partial charge in [0.2, 0.25) is 0 Å². The van der Waals surface area contributed by atoms with Crippen molar-refractivity contribution in [1.29, 1.82) is 0 Å². The molecule has 0 heterocycles. The summed E-state index contributed by atoms with van der Waals surface area (Å²) in [5.41, 5.74) is 0. The number of unbranched alkanes of at least 4 members (excludes halogenated alkanes) is 4. The van der Waals surface area contributed by atoms with Crippen LogP contribution in [0.15, 0.2) is 24.3 Å². The molecular weight excluding hydrogens is 388 g/mol. The lowest BCUT2D eigenvalue weighted by atomic mass is 9.80. The molecule has 1 aliphatic rings. The van der Waals surface area contributed by atoms with Gasteiger partial charge in [0, 0.05) is 0 Å². The van der Waals surface area contributed by atoms with Crippen molar-refractivity contribution in [3.8, 4) is 11.5 Å². The molecule has 1 saturated carbocycles. The maximum Gasteiger partial charge on any atom is 0.457 e. The van der Waals surface area contributed by atoms with Gasteiger partial charge >= 0.3 is 18.5 Å². The highest BCUT2D eigenvalue weighted by Crippen LogP contribution is 2.33. The molecule has 0 N–H and O–H groups in total. The van der Waals surface area contributed by atoms with Gasteiger partial charge in [-0.05, 0) is 55.9 Å². The standard InChI is InChI=1S/C22H30F4O3/c1-2-3-4-5-6-7-16-8-10-17(11-9-16)20(27)28-18-12-14-19(15-13-18)29-21(23)22(24,25)26/h12-17,21H,2-11H2,1H3. The Morgan fingerprint density at radius 2 is 1.59 bits per heavy atom. The topological polar surface area (TPSA) is 35.5 Å². The van der Waals surface area contributed by atoms with Crippen LogP contribution in [0.4, 0.5) is 17.6 Å². The van der Waals surface area contributed by atoms with Gasteiger partial charge in [0.15, 0.2) is 0 Å². The molecule has 0 radical (unpaired) electrons. The molecule has 0 spiro atoms. The molecule has 0 bridgehead atoms. The Morgan fingerprint density at radius 3 is 2.17 bits per heavy atom. The second kappa shape index (κ2) is 11.4. The van der Waals surface area contributed by atoms with Gasteiger partial charge in [-0.3, -0.25) is 4.79 Å². The van der Waals surface area contributed by atoms with Gasteiger partial charge in [0.1, 0.15) is 11.5 Å². The number of carbonyl (C=O) groups is 1. The smallest absolute Gasteiger partial charge is 0.452 e. The van der Waals surface area contributed by atoms with Crippen molar-refractivity contribution < 1.29 is 31.8 Å². The van der Waals surface area contributed by atoms with E-state index in [0.717, 1.165) is 37.8 Å². The third kappa shape index (κ3) is 8.23. The molecule has 2 rings (SSSR count). The summed E-state index contributed by atoms with van der Waals surface area (Å²) in [4.78, 5) is 12.3. The molecule has 1 unspecified atom stereocenters. The molecule has 0 amide bonds. The Kier molecular flexibility index (Phi) is 9.24. The predicted molar refractivity (Wildman–Crippen MR) is 102 cm³/mol. The van der Waals surface area contributed by atoms with Crippen molar-refractivity contribution in [2.45, 2.75) is 83.7 Å². The highest BCUT2D eigenvalue weighted by atomic mass is 19.4. The largest absolute Gasteiger partial charge is 0.457 e. The summed E-state index contributed by atoms with van der Waals surface area (Å²) in [5, 5.41) is 0. The number of halogens is 4. The Labute approximate surface area is 169 Å². The van der Waals surface area contributed by atoms with E-state index in [1.54, 1.807) is 0 Å². The number of alkyl halides is 4. The quantitative estimate of drug-likeness (QED) is 0.178. The van der Waals surface area contributed by atoms with E-state index < -0.39 is 12.5 Å². The molecule has 1 atom stereocenters. The lowest BCUT2D eigenvalue weighted by Crippen LogP contribution is -2.29. The summed E-state index contributed by atoms with van der Waals surface area (Å²) >= 11 is 0. The molecule has 29 heavy (non-hydrogen) atoms. The van der Waals surface area contributed by atoms with E-state index in [0.29, 0.717) is 5.92 Å². The average Bonchev–Trinajstić information content (AvgIpc) is 2.69. The Balaban J connectivity index is 1.71. The van der Waals surface area contributed by atoms with Gasteiger partial charge in [-0.15, -0.1) is 0 Å². The highest BCUT2D eigenvalue weighted by Gasteiger charge is 2.42. The summed E-state index contributed by atoms with van der Waals surface area (Å²) in [6.45, 7) is 2.20. The molecule has 0 aromatic heterocycles. The zero-order valence-corrected chi connectivity index (χ0v) is 16.8. The molecular formula is C22H30F4O3. The number of carbonyl (C=O) groups excluding carboxylic acids is 1. The minimum absolute atomic E-state index is 0.150. The number of esters is 1. The first-order valence-corrected chi connectivity index (χ1v) is 10.5. The van der Waals surface area contributed by atoms with Crippen molar-refractivity contribution in [2.75, 3.05) is 0 Å². The Morgan fingerprint density at radius 1 is 1.00 bits per heavy atom. The van der Waals surface area contributed by atoms with Crippen LogP contribution < -0.4 is 9.47 Å². The van der Waals surface area contributed by atoms with Gasteiger partial charge in [-0.1, -0.05) is 45.4 Å². The van der Waals surface area contributed by atoms with Crippen LogP contribution in [0.3, 0.4) is 0 Å². The SMILES string of the molecule is CCCCCCCC1CCC(C(=O)Oc2ccc(OC(F)C(F)(F)F)cc2)CC1. The Bertz CT molecular complexity index is 607. The van der Waals surface area contributed by atoms with Gasteiger partial charge in [-0.2, -0.15) is 17.6 Å². The predicted octanol–water partition coefficient (Wildman–Crippen LogP) is 7.00. The monoisotopic (exact) mass is 418 g/mol.